The molecule has 3 heteroatoms. The molecule has 2 atom stereocenters. The lowest BCUT2D eigenvalue weighted by molar-refractivity contribution is 0.143. The lowest BCUT2D eigenvalue weighted by Gasteiger charge is -2.19. The van der Waals surface area contributed by atoms with Gasteiger partial charge in [-0.15, -0.1) is 0 Å². The van der Waals surface area contributed by atoms with Crippen molar-refractivity contribution in [3.63, 3.8) is 0 Å². The highest BCUT2D eigenvalue weighted by molar-refractivity contribution is 5.29. The van der Waals surface area contributed by atoms with E-state index >= 15 is 0 Å². The fourth-order valence-corrected chi connectivity index (χ4v) is 1.42. The first kappa shape index (κ1) is 11.1. The molecule has 0 unspecified atom stereocenters. The molecule has 0 aliphatic carbocycles. The first-order valence-electron chi connectivity index (χ1n) is 4.76. The molecule has 0 aromatic heterocycles. The first-order valence-corrected chi connectivity index (χ1v) is 4.76. The maximum Gasteiger partial charge on any atom is 0.123 e. The number of aliphatic hydroxyl groups is 1. The van der Waals surface area contributed by atoms with Crippen molar-refractivity contribution in [2.24, 2.45) is 5.73 Å². The molecule has 0 fully saturated rings. The standard InChI is InChI=1S/C11H16FNO/c1-3-10(13)11(14)9-5-4-8(12)6-7(9)2/h4-6,10-11,14H,3,13H2,1-2H3/t10-,11-/m0/s1. The van der Waals surface area contributed by atoms with Crippen LogP contribution in [0.4, 0.5) is 4.39 Å². The van der Waals surface area contributed by atoms with Gasteiger partial charge < -0.3 is 10.8 Å². The van der Waals surface area contributed by atoms with Gasteiger partial charge in [-0.25, -0.2) is 4.39 Å². The normalized spacial score (nSPS) is 15.2. The molecule has 78 valence electrons. The maximum atomic E-state index is 12.8. The van der Waals surface area contributed by atoms with Crippen LogP contribution in [0.3, 0.4) is 0 Å². The third-order valence-electron chi connectivity index (χ3n) is 2.43. The van der Waals surface area contributed by atoms with Gasteiger partial charge >= 0.3 is 0 Å². The fraction of sp³-hybridized carbons (Fsp3) is 0.455. The second-order valence-electron chi connectivity index (χ2n) is 3.52. The Morgan fingerprint density at radius 1 is 1.50 bits per heavy atom. The Balaban J connectivity index is 2.95. The molecule has 0 saturated carbocycles. The number of aliphatic hydroxyl groups excluding tert-OH is 1. The van der Waals surface area contributed by atoms with Crippen molar-refractivity contribution in [1.82, 2.24) is 0 Å². The number of rotatable bonds is 3. The number of halogens is 1. The zero-order chi connectivity index (χ0) is 10.7. The monoisotopic (exact) mass is 197 g/mol. The third kappa shape index (κ3) is 2.30. The van der Waals surface area contributed by atoms with Gasteiger partial charge in [0.2, 0.25) is 0 Å². The lowest BCUT2D eigenvalue weighted by Crippen LogP contribution is -2.27. The highest BCUT2D eigenvalue weighted by Crippen LogP contribution is 2.21. The topological polar surface area (TPSA) is 46.2 Å². The third-order valence-corrected chi connectivity index (χ3v) is 2.43. The van der Waals surface area contributed by atoms with E-state index in [1.54, 1.807) is 13.0 Å². The van der Waals surface area contributed by atoms with Crippen LogP contribution in [0, 0.1) is 12.7 Å². The Hall–Kier alpha value is -0.930. The van der Waals surface area contributed by atoms with Crippen molar-refractivity contribution >= 4 is 0 Å². The zero-order valence-corrected chi connectivity index (χ0v) is 8.50. The van der Waals surface area contributed by atoms with Crippen LogP contribution in [0.5, 0.6) is 0 Å². The summed E-state index contributed by atoms with van der Waals surface area (Å²) in [5, 5.41) is 9.81. The van der Waals surface area contributed by atoms with Crippen LogP contribution in [0.1, 0.15) is 30.6 Å². The molecule has 2 nitrogen and oxygen atoms in total. The van der Waals surface area contributed by atoms with Gasteiger partial charge in [0.1, 0.15) is 5.82 Å². The number of aryl methyl sites for hydroxylation is 1. The summed E-state index contributed by atoms with van der Waals surface area (Å²) >= 11 is 0. The van der Waals surface area contributed by atoms with Crippen molar-refractivity contribution in [1.29, 1.82) is 0 Å². The molecule has 0 spiro atoms. The minimum atomic E-state index is -0.708. The highest BCUT2D eigenvalue weighted by Gasteiger charge is 2.16. The first-order chi connectivity index (χ1) is 6.56. The van der Waals surface area contributed by atoms with E-state index in [2.05, 4.69) is 0 Å². The molecule has 1 aromatic rings. The molecule has 3 N–H and O–H groups in total. The predicted molar refractivity (Wildman–Crippen MR) is 54.4 cm³/mol. The Morgan fingerprint density at radius 2 is 2.14 bits per heavy atom. The molecule has 1 aromatic carbocycles. The average Bonchev–Trinajstić information content (AvgIpc) is 2.15. The Morgan fingerprint density at radius 3 is 2.64 bits per heavy atom. The number of nitrogens with two attached hydrogens (primary N) is 1. The molecule has 0 aliphatic rings. The van der Waals surface area contributed by atoms with Crippen molar-refractivity contribution < 1.29 is 9.50 Å². The number of hydrogen-bond donors (Lipinski definition) is 2. The largest absolute Gasteiger partial charge is 0.387 e. The van der Waals surface area contributed by atoms with E-state index in [0.717, 1.165) is 5.56 Å². The van der Waals surface area contributed by atoms with E-state index in [4.69, 9.17) is 5.73 Å². The SMILES string of the molecule is CC[C@H](N)[C@@H](O)c1ccc(F)cc1C. The summed E-state index contributed by atoms with van der Waals surface area (Å²) < 4.78 is 12.8. The van der Waals surface area contributed by atoms with Crippen LogP contribution >= 0.6 is 0 Å². The summed E-state index contributed by atoms with van der Waals surface area (Å²) in [5.41, 5.74) is 7.16. The van der Waals surface area contributed by atoms with Crippen molar-refractivity contribution in [3.8, 4) is 0 Å². The molecule has 0 saturated heterocycles. The van der Waals surface area contributed by atoms with Gasteiger partial charge in [-0.1, -0.05) is 13.0 Å². The lowest BCUT2D eigenvalue weighted by atomic mass is 9.97. The van der Waals surface area contributed by atoms with E-state index in [-0.39, 0.29) is 11.9 Å². The van der Waals surface area contributed by atoms with Crippen molar-refractivity contribution in [2.45, 2.75) is 32.4 Å². The van der Waals surface area contributed by atoms with Crippen molar-refractivity contribution in [3.05, 3.63) is 35.1 Å². The van der Waals surface area contributed by atoms with Gasteiger partial charge in [-0.2, -0.15) is 0 Å². The Bertz CT molecular complexity index is 314. The van der Waals surface area contributed by atoms with Crippen LogP contribution in [0.15, 0.2) is 18.2 Å². The summed E-state index contributed by atoms with van der Waals surface area (Å²) in [6.45, 7) is 3.68. The van der Waals surface area contributed by atoms with Crippen LogP contribution in [0.2, 0.25) is 0 Å². The minimum absolute atomic E-state index is 0.288. The van der Waals surface area contributed by atoms with Crippen LogP contribution in [0.25, 0.3) is 0 Å². The minimum Gasteiger partial charge on any atom is -0.387 e. The van der Waals surface area contributed by atoms with E-state index in [1.165, 1.54) is 12.1 Å². The number of hydrogen-bond acceptors (Lipinski definition) is 2. The molecule has 0 heterocycles. The average molecular weight is 197 g/mol. The van der Waals surface area contributed by atoms with Crippen molar-refractivity contribution in [2.75, 3.05) is 0 Å². The van der Waals surface area contributed by atoms with Gasteiger partial charge in [-0.05, 0) is 36.6 Å². The van der Waals surface area contributed by atoms with E-state index in [0.29, 0.717) is 12.0 Å². The quantitative estimate of drug-likeness (QED) is 0.777. The summed E-state index contributed by atoms with van der Waals surface area (Å²) in [4.78, 5) is 0. The van der Waals surface area contributed by atoms with Crippen LogP contribution < -0.4 is 5.73 Å². The van der Waals surface area contributed by atoms with E-state index in [1.807, 2.05) is 6.92 Å². The van der Waals surface area contributed by atoms with E-state index < -0.39 is 6.10 Å². The van der Waals surface area contributed by atoms with Gasteiger partial charge in [-0.3, -0.25) is 0 Å². The smallest absolute Gasteiger partial charge is 0.123 e. The van der Waals surface area contributed by atoms with Gasteiger partial charge in [0, 0.05) is 6.04 Å². The van der Waals surface area contributed by atoms with Gasteiger partial charge in [0.25, 0.3) is 0 Å². The zero-order valence-electron chi connectivity index (χ0n) is 8.50. The molecule has 0 radical (unpaired) electrons. The molecule has 0 bridgehead atoms. The molecular formula is C11H16FNO. The Kier molecular flexibility index (Phi) is 3.61. The molecular weight excluding hydrogens is 181 g/mol. The second kappa shape index (κ2) is 4.53. The molecule has 0 amide bonds. The van der Waals surface area contributed by atoms with Crippen LogP contribution in [-0.2, 0) is 0 Å². The molecule has 1 rings (SSSR count). The second-order valence-corrected chi connectivity index (χ2v) is 3.52. The van der Waals surface area contributed by atoms with E-state index in [9.17, 15) is 9.50 Å². The summed E-state index contributed by atoms with van der Waals surface area (Å²) in [5.74, 6) is -0.288. The summed E-state index contributed by atoms with van der Waals surface area (Å²) in [6, 6.07) is 4.04. The highest BCUT2D eigenvalue weighted by atomic mass is 19.1. The summed E-state index contributed by atoms with van der Waals surface area (Å²) in [6.07, 6.45) is -0.0153. The van der Waals surface area contributed by atoms with Crippen LogP contribution in [-0.4, -0.2) is 11.1 Å². The van der Waals surface area contributed by atoms with Gasteiger partial charge in [0.05, 0.1) is 6.10 Å². The summed E-state index contributed by atoms with van der Waals surface area (Å²) in [7, 11) is 0. The Labute approximate surface area is 83.6 Å². The number of benzene rings is 1. The molecule has 0 aliphatic heterocycles. The molecule has 14 heavy (non-hydrogen) atoms. The van der Waals surface area contributed by atoms with Gasteiger partial charge in [0.15, 0.2) is 0 Å². The predicted octanol–water partition coefficient (Wildman–Crippen LogP) is 1.90. The fourth-order valence-electron chi connectivity index (χ4n) is 1.42. The maximum absolute atomic E-state index is 12.8.